The smallest absolute Gasteiger partial charge is 0.227 e. The van der Waals surface area contributed by atoms with Crippen molar-refractivity contribution in [1.29, 1.82) is 0 Å². The number of carbonyl (C=O) groups is 1. The van der Waals surface area contributed by atoms with Crippen LogP contribution in [0.4, 0.5) is 21.8 Å². The van der Waals surface area contributed by atoms with Gasteiger partial charge in [0.2, 0.25) is 5.91 Å². The molecule has 1 aliphatic heterocycles. The maximum Gasteiger partial charge on any atom is 0.227 e. The first kappa shape index (κ1) is 18.8. The molecule has 3 aromatic rings. The predicted octanol–water partition coefficient (Wildman–Crippen LogP) is 2.65. The zero-order chi connectivity index (χ0) is 20.1. The third kappa shape index (κ3) is 4.66. The highest BCUT2D eigenvalue weighted by Gasteiger charge is 2.22. The molecule has 1 fully saturated rings. The molecule has 1 amide bonds. The molecule has 0 saturated carbocycles. The summed E-state index contributed by atoms with van der Waals surface area (Å²) in [6.07, 6.45) is 1.79. The van der Waals surface area contributed by atoms with Gasteiger partial charge < -0.3 is 15.1 Å². The third-order valence-electron chi connectivity index (χ3n) is 4.83. The minimum absolute atomic E-state index is 0.0595. The number of benzene rings is 1. The Bertz CT molecular complexity index is 958. The zero-order valence-electron chi connectivity index (χ0n) is 15.8. The maximum absolute atomic E-state index is 13.8. The monoisotopic (exact) mass is 392 g/mol. The largest absolute Gasteiger partial charge is 0.352 e. The first-order chi connectivity index (χ1) is 14.2. The lowest BCUT2D eigenvalue weighted by Crippen LogP contribution is -2.49. The van der Waals surface area contributed by atoms with Crippen molar-refractivity contribution in [1.82, 2.24) is 20.1 Å². The summed E-state index contributed by atoms with van der Waals surface area (Å²) in [5.74, 6) is 1.69. The molecule has 8 heteroatoms. The van der Waals surface area contributed by atoms with Crippen LogP contribution in [0, 0.1) is 5.82 Å². The number of anilines is 3. The summed E-state index contributed by atoms with van der Waals surface area (Å²) in [4.78, 5) is 20.5. The van der Waals surface area contributed by atoms with E-state index in [1.807, 2.05) is 30.3 Å². The van der Waals surface area contributed by atoms with E-state index in [0.29, 0.717) is 43.4 Å². The van der Waals surface area contributed by atoms with Crippen molar-refractivity contribution in [3.63, 3.8) is 0 Å². The molecule has 0 bridgehead atoms. The molecule has 0 unspecified atom stereocenters. The number of nitrogens with zero attached hydrogens (tertiary/aromatic N) is 5. The summed E-state index contributed by atoms with van der Waals surface area (Å²) in [5.41, 5.74) is 0.432. The molecule has 1 N–H and O–H groups in total. The lowest BCUT2D eigenvalue weighted by molar-refractivity contribution is -0.130. The molecule has 2 aromatic heterocycles. The maximum atomic E-state index is 13.8. The molecule has 0 atom stereocenters. The summed E-state index contributed by atoms with van der Waals surface area (Å²) in [6, 6.07) is 15.7. The molecule has 1 saturated heterocycles. The van der Waals surface area contributed by atoms with Gasteiger partial charge in [0.1, 0.15) is 11.6 Å². The van der Waals surface area contributed by atoms with Gasteiger partial charge in [-0.25, -0.2) is 9.37 Å². The number of pyridine rings is 1. The van der Waals surface area contributed by atoms with Crippen LogP contribution in [0.25, 0.3) is 0 Å². The van der Waals surface area contributed by atoms with Gasteiger partial charge >= 0.3 is 0 Å². The molecule has 0 aliphatic carbocycles. The molecule has 3 heterocycles. The number of piperazine rings is 1. The van der Waals surface area contributed by atoms with E-state index in [-0.39, 0.29) is 18.1 Å². The number of amides is 1. The van der Waals surface area contributed by atoms with E-state index in [1.165, 1.54) is 6.07 Å². The second kappa shape index (κ2) is 8.64. The summed E-state index contributed by atoms with van der Waals surface area (Å²) < 4.78 is 13.8. The summed E-state index contributed by atoms with van der Waals surface area (Å²) in [6.45, 7) is 2.46. The SMILES string of the molecule is O=C(Cc1ccccc1F)N1CCN(c2ccc(Nc3ccccn3)nn2)CC1. The molecule has 7 nitrogen and oxygen atoms in total. The second-order valence-corrected chi connectivity index (χ2v) is 6.75. The van der Waals surface area contributed by atoms with E-state index in [1.54, 1.807) is 29.3 Å². The van der Waals surface area contributed by atoms with E-state index in [2.05, 4.69) is 25.4 Å². The number of halogens is 1. The van der Waals surface area contributed by atoms with E-state index in [9.17, 15) is 9.18 Å². The van der Waals surface area contributed by atoms with Crippen LogP contribution in [-0.2, 0) is 11.2 Å². The van der Waals surface area contributed by atoms with Crippen LogP contribution in [0.1, 0.15) is 5.56 Å². The van der Waals surface area contributed by atoms with Crippen LogP contribution in [0.5, 0.6) is 0 Å². The molecule has 0 radical (unpaired) electrons. The van der Waals surface area contributed by atoms with Gasteiger partial charge in [-0.2, -0.15) is 0 Å². The van der Waals surface area contributed by atoms with Crippen molar-refractivity contribution in [2.75, 3.05) is 36.4 Å². The van der Waals surface area contributed by atoms with Crippen LogP contribution < -0.4 is 10.2 Å². The average Bonchev–Trinajstić information content (AvgIpc) is 2.77. The Labute approximate surface area is 168 Å². The van der Waals surface area contributed by atoms with Gasteiger partial charge in [-0.1, -0.05) is 24.3 Å². The van der Waals surface area contributed by atoms with Gasteiger partial charge in [0, 0.05) is 32.4 Å². The van der Waals surface area contributed by atoms with Gasteiger partial charge in [-0.05, 0) is 35.9 Å². The topological polar surface area (TPSA) is 74.2 Å². The molecular formula is C21H21FN6O. The molecule has 148 valence electrons. The molecular weight excluding hydrogens is 371 g/mol. The number of rotatable bonds is 5. The van der Waals surface area contributed by atoms with E-state index >= 15 is 0 Å². The Morgan fingerprint density at radius 2 is 1.72 bits per heavy atom. The fourth-order valence-corrected chi connectivity index (χ4v) is 3.23. The Hall–Kier alpha value is -3.55. The van der Waals surface area contributed by atoms with Gasteiger partial charge in [-0.3, -0.25) is 4.79 Å². The van der Waals surface area contributed by atoms with Crippen LogP contribution >= 0.6 is 0 Å². The minimum Gasteiger partial charge on any atom is -0.352 e. The van der Waals surface area contributed by atoms with Crippen molar-refractivity contribution in [3.8, 4) is 0 Å². The lowest BCUT2D eigenvalue weighted by atomic mass is 10.1. The van der Waals surface area contributed by atoms with E-state index < -0.39 is 0 Å². The normalized spacial score (nSPS) is 14.0. The van der Waals surface area contributed by atoms with Crippen LogP contribution in [0.2, 0.25) is 0 Å². The zero-order valence-corrected chi connectivity index (χ0v) is 15.8. The van der Waals surface area contributed by atoms with Crippen molar-refractivity contribution in [2.45, 2.75) is 6.42 Å². The fourth-order valence-electron chi connectivity index (χ4n) is 3.23. The van der Waals surface area contributed by atoms with Crippen LogP contribution in [0.15, 0.2) is 60.8 Å². The lowest BCUT2D eigenvalue weighted by Gasteiger charge is -2.35. The molecule has 4 rings (SSSR count). The predicted molar refractivity (Wildman–Crippen MR) is 108 cm³/mol. The first-order valence-corrected chi connectivity index (χ1v) is 9.47. The highest BCUT2D eigenvalue weighted by Crippen LogP contribution is 2.17. The van der Waals surface area contributed by atoms with Crippen molar-refractivity contribution in [3.05, 3.63) is 72.2 Å². The second-order valence-electron chi connectivity index (χ2n) is 6.75. The quantitative estimate of drug-likeness (QED) is 0.720. The van der Waals surface area contributed by atoms with Gasteiger partial charge in [-0.15, -0.1) is 10.2 Å². The Balaban J connectivity index is 1.31. The molecule has 0 spiro atoms. The van der Waals surface area contributed by atoms with Gasteiger partial charge in [0.05, 0.1) is 6.42 Å². The standard InChI is InChI=1S/C21H21FN6O/c22-17-6-2-1-5-16(17)15-21(29)28-13-11-27(12-14-28)20-9-8-19(25-26-20)24-18-7-3-4-10-23-18/h1-10H,11-15H2,(H,23,24,25). The van der Waals surface area contributed by atoms with Gasteiger partial charge in [0.15, 0.2) is 11.6 Å². The fraction of sp³-hybridized carbons (Fsp3) is 0.238. The highest BCUT2D eigenvalue weighted by atomic mass is 19.1. The highest BCUT2D eigenvalue weighted by molar-refractivity contribution is 5.79. The average molecular weight is 392 g/mol. The van der Waals surface area contributed by atoms with Crippen molar-refractivity contribution < 1.29 is 9.18 Å². The van der Waals surface area contributed by atoms with Crippen LogP contribution in [-0.4, -0.2) is 52.2 Å². The van der Waals surface area contributed by atoms with Crippen molar-refractivity contribution >= 4 is 23.4 Å². The van der Waals surface area contributed by atoms with Crippen LogP contribution in [0.3, 0.4) is 0 Å². The Kier molecular flexibility index (Phi) is 5.60. The third-order valence-corrected chi connectivity index (χ3v) is 4.83. The number of hydrogen-bond donors (Lipinski definition) is 1. The summed E-state index contributed by atoms with van der Waals surface area (Å²) in [7, 11) is 0. The number of hydrogen-bond acceptors (Lipinski definition) is 6. The van der Waals surface area contributed by atoms with E-state index in [0.717, 1.165) is 5.82 Å². The number of carbonyl (C=O) groups excluding carboxylic acids is 1. The molecule has 1 aliphatic rings. The van der Waals surface area contributed by atoms with Crippen molar-refractivity contribution in [2.24, 2.45) is 0 Å². The number of nitrogens with one attached hydrogen (secondary N) is 1. The molecule has 1 aromatic carbocycles. The summed E-state index contributed by atoms with van der Waals surface area (Å²) in [5, 5.41) is 11.6. The van der Waals surface area contributed by atoms with E-state index in [4.69, 9.17) is 0 Å². The first-order valence-electron chi connectivity index (χ1n) is 9.47. The van der Waals surface area contributed by atoms with Gasteiger partial charge in [0.25, 0.3) is 0 Å². The molecule has 29 heavy (non-hydrogen) atoms. The minimum atomic E-state index is -0.339. The Morgan fingerprint density at radius 1 is 0.931 bits per heavy atom. The Morgan fingerprint density at radius 3 is 2.41 bits per heavy atom. The number of aromatic nitrogens is 3. The summed E-state index contributed by atoms with van der Waals surface area (Å²) >= 11 is 0.